The van der Waals surface area contributed by atoms with Crippen LogP contribution in [-0.4, -0.2) is 23.5 Å². The number of rotatable bonds is 7. The molecule has 0 bridgehead atoms. The summed E-state index contributed by atoms with van der Waals surface area (Å²) in [6.07, 6.45) is 7.07. The minimum absolute atomic E-state index is 0.0562. The first-order chi connectivity index (χ1) is 11.7. The van der Waals surface area contributed by atoms with Crippen LogP contribution in [0.5, 0.6) is 0 Å². The van der Waals surface area contributed by atoms with Crippen molar-refractivity contribution in [2.75, 3.05) is 11.9 Å². The van der Waals surface area contributed by atoms with E-state index in [-0.39, 0.29) is 17.8 Å². The highest BCUT2D eigenvalue weighted by Gasteiger charge is 2.29. The first-order valence-corrected chi connectivity index (χ1v) is 8.19. The molecule has 1 aromatic carbocycles. The number of anilines is 1. The summed E-state index contributed by atoms with van der Waals surface area (Å²) in [5.74, 6) is -0.128. The van der Waals surface area contributed by atoms with Gasteiger partial charge in [-0.1, -0.05) is 6.07 Å². The Morgan fingerprint density at radius 2 is 1.96 bits per heavy atom. The number of nitrogens with one attached hydrogen (secondary N) is 1. The average molecular weight is 324 g/mol. The Morgan fingerprint density at radius 1 is 1.17 bits per heavy atom. The SMILES string of the molecule is O=C(OCCCc1cccnc1)c1ccc(NC(=O)C2CC2)cc1. The van der Waals surface area contributed by atoms with Gasteiger partial charge in [0.2, 0.25) is 5.91 Å². The Balaban J connectivity index is 1.42. The van der Waals surface area contributed by atoms with Crippen molar-refractivity contribution in [3.63, 3.8) is 0 Å². The molecular formula is C19H20N2O3. The second kappa shape index (κ2) is 7.73. The monoisotopic (exact) mass is 324 g/mol. The van der Waals surface area contributed by atoms with E-state index >= 15 is 0 Å². The largest absolute Gasteiger partial charge is 0.462 e. The van der Waals surface area contributed by atoms with E-state index in [9.17, 15) is 9.59 Å². The van der Waals surface area contributed by atoms with Gasteiger partial charge in [-0.05, 0) is 61.6 Å². The molecule has 5 nitrogen and oxygen atoms in total. The number of ether oxygens (including phenoxy) is 1. The molecule has 1 N–H and O–H groups in total. The molecule has 1 aliphatic rings. The Hall–Kier alpha value is -2.69. The number of pyridine rings is 1. The third-order valence-electron chi connectivity index (χ3n) is 3.90. The molecule has 1 heterocycles. The zero-order valence-corrected chi connectivity index (χ0v) is 13.4. The van der Waals surface area contributed by atoms with E-state index in [4.69, 9.17) is 4.74 Å². The lowest BCUT2D eigenvalue weighted by Gasteiger charge is -2.07. The standard InChI is InChI=1S/C19H20N2O3/c22-18(15-5-6-15)21-17-9-7-16(8-10-17)19(23)24-12-2-4-14-3-1-11-20-13-14/h1,3,7-11,13,15H,2,4-6,12H2,(H,21,22). The van der Waals surface area contributed by atoms with Gasteiger partial charge in [0.1, 0.15) is 0 Å². The van der Waals surface area contributed by atoms with E-state index in [0.717, 1.165) is 31.2 Å². The second-order valence-corrected chi connectivity index (χ2v) is 5.94. The summed E-state index contributed by atoms with van der Waals surface area (Å²) in [5, 5.41) is 2.84. The van der Waals surface area contributed by atoms with Crippen LogP contribution in [0.2, 0.25) is 0 Å². The lowest BCUT2D eigenvalue weighted by molar-refractivity contribution is -0.117. The van der Waals surface area contributed by atoms with Crippen molar-refractivity contribution < 1.29 is 14.3 Å². The number of benzene rings is 1. The van der Waals surface area contributed by atoms with Crippen molar-refractivity contribution >= 4 is 17.6 Å². The third kappa shape index (κ3) is 4.65. The molecule has 0 spiro atoms. The average Bonchev–Trinajstić information content (AvgIpc) is 3.45. The summed E-state index contributed by atoms with van der Waals surface area (Å²) < 4.78 is 5.27. The van der Waals surface area contributed by atoms with E-state index in [1.54, 1.807) is 30.5 Å². The molecule has 24 heavy (non-hydrogen) atoms. The number of amides is 1. The van der Waals surface area contributed by atoms with Gasteiger partial charge >= 0.3 is 5.97 Å². The topological polar surface area (TPSA) is 68.3 Å². The molecule has 0 atom stereocenters. The summed E-state index contributed by atoms with van der Waals surface area (Å²) in [5.41, 5.74) is 2.32. The molecule has 124 valence electrons. The van der Waals surface area contributed by atoms with Gasteiger partial charge in [-0.3, -0.25) is 9.78 Å². The van der Waals surface area contributed by atoms with E-state index in [0.29, 0.717) is 17.9 Å². The van der Waals surface area contributed by atoms with Crippen molar-refractivity contribution in [1.82, 2.24) is 4.98 Å². The molecule has 0 radical (unpaired) electrons. The molecule has 0 unspecified atom stereocenters. The van der Waals surface area contributed by atoms with E-state index in [2.05, 4.69) is 10.3 Å². The second-order valence-electron chi connectivity index (χ2n) is 5.94. The van der Waals surface area contributed by atoms with Crippen molar-refractivity contribution in [2.45, 2.75) is 25.7 Å². The number of carbonyl (C=O) groups excluding carboxylic acids is 2. The van der Waals surface area contributed by atoms with Crippen LogP contribution in [0.3, 0.4) is 0 Å². The molecule has 1 aliphatic carbocycles. The van der Waals surface area contributed by atoms with Crippen LogP contribution in [0.15, 0.2) is 48.8 Å². The van der Waals surface area contributed by atoms with Crippen LogP contribution in [-0.2, 0) is 16.0 Å². The minimum atomic E-state index is -0.346. The molecule has 0 aliphatic heterocycles. The highest BCUT2D eigenvalue weighted by molar-refractivity contribution is 5.95. The zero-order valence-electron chi connectivity index (χ0n) is 13.4. The third-order valence-corrected chi connectivity index (χ3v) is 3.90. The van der Waals surface area contributed by atoms with E-state index in [1.165, 1.54) is 0 Å². The zero-order chi connectivity index (χ0) is 16.8. The molecule has 1 aromatic heterocycles. The van der Waals surface area contributed by atoms with Gasteiger partial charge in [-0.25, -0.2) is 4.79 Å². The van der Waals surface area contributed by atoms with Gasteiger partial charge in [-0.2, -0.15) is 0 Å². The van der Waals surface area contributed by atoms with E-state index in [1.807, 2.05) is 18.3 Å². The first kappa shape index (κ1) is 16.2. The number of esters is 1. The van der Waals surface area contributed by atoms with Gasteiger partial charge in [0.15, 0.2) is 0 Å². The Morgan fingerprint density at radius 3 is 2.62 bits per heavy atom. The maximum atomic E-state index is 12.0. The smallest absolute Gasteiger partial charge is 0.338 e. The highest BCUT2D eigenvalue weighted by Crippen LogP contribution is 2.30. The lowest BCUT2D eigenvalue weighted by Crippen LogP contribution is -2.13. The van der Waals surface area contributed by atoms with E-state index < -0.39 is 0 Å². The Labute approximate surface area is 141 Å². The number of aryl methyl sites for hydroxylation is 1. The minimum Gasteiger partial charge on any atom is -0.462 e. The predicted octanol–water partition coefficient (Wildman–Crippen LogP) is 3.22. The van der Waals surface area contributed by atoms with Gasteiger partial charge in [0.25, 0.3) is 0 Å². The van der Waals surface area contributed by atoms with Crippen molar-refractivity contribution in [1.29, 1.82) is 0 Å². The highest BCUT2D eigenvalue weighted by atomic mass is 16.5. The fourth-order valence-electron chi connectivity index (χ4n) is 2.35. The van der Waals surface area contributed by atoms with Gasteiger partial charge in [0.05, 0.1) is 12.2 Å². The summed E-state index contributed by atoms with van der Waals surface area (Å²) in [4.78, 5) is 27.7. The lowest BCUT2D eigenvalue weighted by atomic mass is 10.2. The van der Waals surface area contributed by atoms with Crippen molar-refractivity contribution in [3.8, 4) is 0 Å². The summed E-state index contributed by atoms with van der Waals surface area (Å²) >= 11 is 0. The molecule has 0 saturated heterocycles. The summed E-state index contributed by atoms with van der Waals surface area (Å²) in [6.45, 7) is 0.369. The van der Waals surface area contributed by atoms with Crippen LogP contribution in [0.25, 0.3) is 0 Å². The summed E-state index contributed by atoms with van der Waals surface area (Å²) in [7, 11) is 0. The molecule has 1 saturated carbocycles. The molecule has 1 amide bonds. The first-order valence-electron chi connectivity index (χ1n) is 8.19. The van der Waals surface area contributed by atoms with Gasteiger partial charge in [0, 0.05) is 24.0 Å². The molecule has 1 fully saturated rings. The van der Waals surface area contributed by atoms with Crippen LogP contribution in [0.4, 0.5) is 5.69 Å². The van der Waals surface area contributed by atoms with Crippen LogP contribution >= 0.6 is 0 Å². The molecule has 2 aromatic rings. The van der Waals surface area contributed by atoms with Gasteiger partial charge < -0.3 is 10.1 Å². The Kier molecular flexibility index (Phi) is 5.21. The van der Waals surface area contributed by atoms with Crippen molar-refractivity contribution in [2.24, 2.45) is 5.92 Å². The maximum absolute atomic E-state index is 12.0. The van der Waals surface area contributed by atoms with Gasteiger partial charge in [-0.15, -0.1) is 0 Å². The normalized spacial score (nSPS) is 13.3. The number of aromatic nitrogens is 1. The van der Waals surface area contributed by atoms with Crippen LogP contribution < -0.4 is 5.32 Å². The van der Waals surface area contributed by atoms with Crippen LogP contribution in [0.1, 0.15) is 35.2 Å². The fourth-order valence-corrected chi connectivity index (χ4v) is 2.35. The van der Waals surface area contributed by atoms with Crippen LogP contribution in [0, 0.1) is 5.92 Å². The molecule has 5 heteroatoms. The Bertz CT molecular complexity index is 694. The molecule has 3 rings (SSSR count). The number of hydrogen-bond acceptors (Lipinski definition) is 4. The predicted molar refractivity (Wildman–Crippen MR) is 90.6 cm³/mol. The number of nitrogens with zero attached hydrogens (tertiary/aromatic N) is 1. The number of hydrogen-bond donors (Lipinski definition) is 1. The summed E-state index contributed by atoms with van der Waals surface area (Å²) in [6, 6.07) is 10.7. The molecular weight excluding hydrogens is 304 g/mol. The quantitative estimate of drug-likeness (QED) is 0.627. The number of carbonyl (C=O) groups is 2. The van der Waals surface area contributed by atoms with Crippen molar-refractivity contribution in [3.05, 3.63) is 59.9 Å². The maximum Gasteiger partial charge on any atom is 0.338 e. The fraction of sp³-hybridized carbons (Fsp3) is 0.316.